The molecule has 6 heteroatoms. The van der Waals surface area contributed by atoms with E-state index < -0.39 is 9.28 Å². The molecule has 0 amide bonds. The SMILES string of the molecule is CO[SiH](C=C(C)C(=O)OCC1CO1)OC. The molecule has 0 aromatic carbocycles. The molecule has 15 heavy (non-hydrogen) atoms. The summed E-state index contributed by atoms with van der Waals surface area (Å²) in [6.07, 6.45) is 0.0969. The van der Waals surface area contributed by atoms with Gasteiger partial charge in [-0.05, 0) is 12.6 Å². The number of rotatable bonds is 6. The molecule has 5 nitrogen and oxygen atoms in total. The zero-order valence-corrected chi connectivity index (χ0v) is 10.3. The van der Waals surface area contributed by atoms with Gasteiger partial charge in [0.2, 0.25) is 0 Å². The van der Waals surface area contributed by atoms with E-state index in [1.54, 1.807) is 26.8 Å². The van der Waals surface area contributed by atoms with Gasteiger partial charge >= 0.3 is 15.3 Å². The van der Waals surface area contributed by atoms with Gasteiger partial charge in [-0.25, -0.2) is 4.79 Å². The Labute approximate surface area is 90.8 Å². The minimum absolute atomic E-state index is 0.0969. The van der Waals surface area contributed by atoms with Crippen LogP contribution < -0.4 is 0 Å². The second-order valence-corrected chi connectivity index (χ2v) is 5.26. The largest absolute Gasteiger partial charge is 0.459 e. The van der Waals surface area contributed by atoms with Gasteiger partial charge in [0.15, 0.2) is 0 Å². The van der Waals surface area contributed by atoms with Crippen LogP contribution in [0.2, 0.25) is 0 Å². The normalized spacial score (nSPS) is 20.5. The Bertz CT molecular complexity index is 245. The maximum absolute atomic E-state index is 11.4. The zero-order valence-electron chi connectivity index (χ0n) is 9.19. The average Bonchev–Trinajstić information content (AvgIpc) is 3.05. The summed E-state index contributed by atoms with van der Waals surface area (Å²) in [5.74, 6) is -0.336. The van der Waals surface area contributed by atoms with E-state index in [4.69, 9.17) is 18.3 Å². The van der Waals surface area contributed by atoms with Crippen LogP contribution in [0.3, 0.4) is 0 Å². The molecule has 1 atom stereocenters. The third-order valence-electron chi connectivity index (χ3n) is 1.98. The highest BCUT2D eigenvalue weighted by molar-refractivity contribution is 6.51. The molecule has 0 saturated carbocycles. The Morgan fingerprint density at radius 1 is 1.53 bits per heavy atom. The lowest BCUT2D eigenvalue weighted by Crippen LogP contribution is -2.19. The number of carbonyl (C=O) groups is 1. The predicted molar refractivity (Wildman–Crippen MR) is 55.6 cm³/mol. The minimum atomic E-state index is -1.83. The van der Waals surface area contributed by atoms with Crippen molar-refractivity contribution in [3.05, 3.63) is 11.3 Å². The third-order valence-corrected chi connectivity index (χ3v) is 3.68. The molecule has 0 spiro atoms. The quantitative estimate of drug-likeness (QED) is 0.278. The summed E-state index contributed by atoms with van der Waals surface area (Å²) in [5, 5.41) is 0. The molecule has 0 radical (unpaired) electrons. The fourth-order valence-electron chi connectivity index (χ4n) is 0.951. The topological polar surface area (TPSA) is 57.3 Å². The van der Waals surface area contributed by atoms with Crippen molar-refractivity contribution in [3.63, 3.8) is 0 Å². The van der Waals surface area contributed by atoms with Crippen LogP contribution in [0, 0.1) is 0 Å². The number of ether oxygens (including phenoxy) is 2. The van der Waals surface area contributed by atoms with Crippen LogP contribution in [0.15, 0.2) is 11.3 Å². The first-order valence-electron chi connectivity index (χ1n) is 4.70. The highest BCUT2D eigenvalue weighted by Crippen LogP contribution is 2.10. The molecule has 0 aromatic heterocycles. The molecule has 0 aliphatic carbocycles. The molecule has 1 fully saturated rings. The smallest absolute Gasteiger partial charge is 0.348 e. The lowest BCUT2D eigenvalue weighted by Gasteiger charge is -2.07. The van der Waals surface area contributed by atoms with E-state index in [1.165, 1.54) is 0 Å². The van der Waals surface area contributed by atoms with E-state index >= 15 is 0 Å². The molecule has 1 aliphatic rings. The van der Waals surface area contributed by atoms with Crippen molar-refractivity contribution >= 4 is 15.3 Å². The van der Waals surface area contributed by atoms with Crippen LogP contribution in [-0.2, 0) is 23.1 Å². The van der Waals surface area contributed by atoms with Crippen molar-refractivity contribution in [2.75, 3.05) is 27.4 Å². The van der Waals surface area contributed by atoms with Crippen LogP contribution in [0.5, 0.6) is 0 Å². The predicted octanol–water partition coefficient (Wildman–Crippen LogP) is -0.0728. The van der Waals surface area contributed by atoms with E-state index in [-0.39, 0.29) is 12.1 Å². The van der Waals surface area contributed by atoms with Crippen molar-refractivity contribution in [2.45, 2.75) is 13.0 Å². The average molecular weight is 232 g/mol. The second-order valence-electron chi connectivity index (χ2n) is 3.24. The van der Waals surface area contributed by atoms with Crippen molar-refractivity contribution in [1.82, 2.24) is 0 Å². The molecular formula is C9H16O5Si. The molecule has 0 aromatic rings. The van der Waals surface area contributed by atoms with Gasteiger partial charge in [0.1, 0.15) is 12.7 Å². The number of hydrogen-bond donors (Lipinski definition) is 0. The first-order chi connectivity index (χ1) is 7.17. The number of carbonyl (C=O) groups excluding carboxylic acids is 1. The van der Waals surface area contributed by atoms with E-state index in [1.807, 2.05) is 0 Å². The van der Waals surface area contributed by atoms with Crippen molar-refractivity contribution in [3.8, 4) is 0 Å². The first-order valence-corrected chi connectivity index (χ1v) is 6.31. The molecule has 1 heterocycles. The van der Waals surface area contributed by atoms with Gasteiger partial charge in [0.05, 0.1) is 6.61 Å². The minimum Gasteiger partial charge on any atom is -0.459 e. The van der Waals surface area contributed by atoms with Crippen LogP contribution >= 0.6 is 0 Å². The molecule has 0 N–H and O–H groups in total. The lowest BCUT2D eigenvalue weighted by molar-refractivity contribution is -0.139. The Kier molecular flexibility index (Phi) is 4.96. The van der Waals surface area contributed by atoms with Gasteiger partial charge in [-0.2, -0.15) is 0 Å². The summed E-state index contributed by atoms with van der Waals surface area (Å²) in [6.45, 7) is 2.70. The molecule has 86 valence electrons. The Morgan fingerprint density at radius 3 is 2.60 bits per heavy atom. The summed E-state index contributed by atoms with van der Waals surface area (Å²) < 4.78 is 20.1. The molecule has 1 rings (SSSR count). The van der Waals surface area contributed by atoms with E-state index in [2.05, 4.69) is 0 Å². The van der Waals surface area contributed by atoms with Crippen molar-refractivity contribution in [1.29, 1.82) is 0 Å². The van der Waals surface area contributed by atoms with E-state index in [0.29, 0.717) is 18.8 Å². The molecule has 1 unspecified atom stereocenters. The van der Waals surface area contributed by atoms with Crippen LogP contribution in [0.1, 0.15) is 6.92 Å². The zero-order chi connectivity index (χ0) is 11.3. The van der Waals surface area contributed by atoms with Gasteiger partial charge in [-0.3, -0.25) is 0 Å². The van der Waals surface area contributed by atoms with E-state index in [0.717, 1.165) is 0 Å². The number of hydrogen-bond acceptors (Lipinski definition) is 5. The van der Waals surface area contributed by atoms with Gasteiger partial charge in [0, 0.05) is 19.8 Å². The Morgan fingerprint density at radius 2 is 2.13 bits per heavy atom. The second kappa shape index (κ2) is 6.01. The maximum atomic E-state index is 11.4. The summed E-state index contributed by atoms with van der Waals surface area (Å²) in [4.78, 5) is 11.4. The standard InChI is InChI=1S/C9H16O5Si/c1-7(6-15(11-2)12-3)9(10)14-5-8-4-13-8/h6,8,15H,4-5H2,1-3H3. The van der Waals surface area contributed by atoms with E-state index in [9.17, 15) is 4.79 Å². The number of epoxide rings is 1. The van der Waals surface area contributed by atoms with Gasteiger partial charge in [0.25, 0.3) is 0 Å². The molecule has 0 bridgehead atoms. The Hall–Kier alpha value is -0.693. The monoisotopic (exact) mass is 232 g/mol. The molecule has 1 aliphatic heterocycles. The van der Waals surface area contributed by atoms with Crippen molar-refractivity contribution in [2.24, 2.45) is 0 Å². The van der Waals surface area contributed by atoms with Crippen LogP contribution in [-0.4, -0.2) is 48.8 Å². The van der Waals surface area contributed by atoms with Crippen LogP contribution in [0.4, 0.5) is 0 Å². The lowest BCUT2D eigenvalue weighted by atomic mass is 10.3. The fraction of sp³-hybridized carbons (Fsp3) is 0.667. The first kappa shape index (κ1) is 12.4. The molecular weight excluding hydrogens is 216 g/mol. The molecule has 1 saturated heterocycles. The summed E-state index contributed by atoms with van der Waals surface area (Å²) in [5.41, 5.74) is 2.23. The van der Waals surface area contributed by atoms with Gasteiger partial charge < -0.3 is 18.3 Å². The van der Waals surface area contributed by atoms with Crippen LogP contribution in [0.25, 0.3) is 0 Å². The highest BCUT2D eigenvalue weighted by Gasteiger charge is 2.24. The fourth-order valence-corrected chi connectivity index (χ4v) is 1.96. The third kappa shape index (κ3) is 4.56. The van der Waals surface area contributed by atoms with Crippen molar-refractivity contribution < 1.29 is 23.1 Å². The van der Waals surface area contributed by atoms with Gasteiger partial charge in [-0.15, -0.1) is 0 Å². The summed E-state index contributed by atoms with van der Waals surface area (Å²) >= 11 is 0. The maximum Gasteiger partial charge on any atom is 0.348 e. The summed E-state index contributed by atoms with van der Waals surface area (Å²) in [6, 6.07) is 0. The Balaban J connectivity index is 2.34. The highest BCUT2D eigenvalue weighted by atomic mass is 28.3. The van der Waals surface area contributed by atoms with Gasteiger partial charge in [-0.1, -0.05) is 0 Å². The summed E-state index contributed by atoms with van der Waals surface area (Å²) in [7, 11) is 1.29. The number of esters is 1.